The molecule has 0 aromatic heterocycles. The van der Waals surface area contributed by atoms with E-state index in [4.69, 9.17) is 9.47 Å². The molecule has 5 heteroatoms. The van der Waals surface area contributed by atoms with Gasteiger partial charge < -0.3 is 14.6 Å². The number of carbonyl (C=O) groups is 2. The molecule has 108 valence electrons. The third-order valence-electron chi connectivity index (χ3n) is 5.73. The monoisotopic (exact) mass is 278 g/mol. The molecule has 0 aromatic carbocycles. The zero-order valence-corrected chi connectivity index (χ0v) is 11.6. The molecular formula is C15H18O5. The quantitative estimate of drug-likeness (QED) is 0.579. The van der Waals surface area contributed by atoms with Gasteiger partial charge in [0.2, 0.25) is 0 Å². The summed E-state index contributed by atoms with van der Waals surface area (Å²) in [5.41, 5.74) is -0.783. The van der Waals surface area contributed by atoms with Crippen LogP contribution < -0.4 is 0 Å². The molecule has 1 N–H and O–H groups in total. The van der Waals surface area contributed by atoms with Crippen LogP contribution in [0.25, 0.3) is 0 Å². The Hall–Kier alpha value is -1.36. The van der Waals surface area contributed by atoms with Gasteiger partial charge in [-0.2, -0.15) is 0 Å². The second-order valence-electron chi connectivity index (χ2n) is 7.39. The Morgan fingerprint density at radius 2 is 2.15 bits per heavy atom. The first-order chi connectivity index (χ1) is 9.32. The van der Waals surface area contributed by atoms with E-state index in [9.17, 15) is 14.7 Å². The van der Waals surface area contributed by atoms with Gasteiger partial charge in [-0.3, -0.25) is 0 Å². The van der Waals surface area contributed by atoms with Crippen LogP contribution in [-0.2, 0) is 19.1 Å². The van der Waals surface area contributed by atoms with Crippen LogP contribution in [0.1, 0.15) is 26.7 Å². The number of ether oxygens (including phenoxy) is 2. The number of aliphatic carboxylic acids is 1. The molecule has 0 bridgehead atoms. The van der Waals surface area contributed by atoms with Gasteiger partial charge in [-0.25, -0.2) is 9.59 Å². The first-order valence-electron chi connectivity index (χ1n) is 7.09. The maximum absolute atomic E-state index is 12.2. The highest BCUT2D eigenvalue weighted by Crippen LogP contribution is 2.71. The van der Waals surface area contributed by atoms with Crippen LogP contribution in [0.3, 0.4) is 0 Å². The second-order valence-corrected chi connectivity index (χ2v) is 7.39. The van der Waals surface area contributed by atoms with Crippen molar-refractivity contribution in [1.82, 2.24) is 0 Å². The number of epoxide rings is 1. The third-order valence-corrected chi connectivity index (χ3v) is 5.73. The van der Waals surface area contributed by atoms with Gasteiger partial charge in [0.25, 0.3) is 0 Å². The molecular weight excluding hydrogens is 260 g/mol. The molecule has 4 rings (SSSR count). The van der Waals surface area contributed by atoms with E-state index in [1.54, 1.807) is 0 Å². The van der Waals surface area contributed by atoms with Crippen LogP contribution in [0.5, 0.6) is 0 Å². The Morgan fingerprint density at radius 1 is 1.45 bits per heavy atom. The topological polar surface area (TPSA) is 76.1 Å². The highest BCUT2D eigenvalue weighted by atomic mass is 16.6. The maximum Gasteiger partial charge on any atom is 0.341 e. The van der Waals surface area contributed by atoms with E-state index in [-0.39, 0.29) is 29.8 Å². The number of carbonyl (C=O) groups excluding carboxylic acids is 1. The smallest absolute Gasteiger partial charge is 0.341 e. The van der Waals surface area contributed by atoms with Crippen LogP contribution in [0, 0.1) is 22.7 Å². The predicted molar refractivity (Wildman–Crippen MR) is 67.8 cm³/mol. The van der Waals surface area contributed by atoms with Crippen molar-refractivity contribution in [1.29, 1.82) is 0 Å². The lowest BCUT2D eigenvalue weighted by Gasteiger charge is -2.44. The summed E-state index contributed by atoms with van der Waals surface area (Å²) in [7, 11) is 0. The van der Waals surface area contributed by atoms with E-state index >= 15 is 0 Å². The number of carboxylic acids is 1. The number of allylic oxidation sites excluding steroid dienone is 1. The molecule has 0 radical (unpaired) electrons. The SMILES string of the molecule is CC1(C)C[C@@H]2C=C(C(=O)O)[C@@H]3COC(=O)[C@]4(CO4)C23C1. The largest absolute Gasteiger partial charge is 0.478 e. The van der Waals surface area contributed by atoms with E-state index in [1.165, 1.54) is 0 Å². The van der Waals surface area contributed by atoms with Crippen LogP contribution in [0.2, 0.25) is 0 Å². The molecule has 2 aliphatic carbocycles. The standard InChI is InChI=1S/C15H18O5/c1-13(2)4-8-3-9(11(16)17)10-5-19-12(18)15(7-20-15)14(8,10)6-13/h3,8,10H,4-7H2,1-2H3,(H,16,17)/t8-,10-,14?,15+/m0/s1. The fourth-order valence-corrected chi connectivity index (χ4v) is 5.08. The van der Waals surface area contributed by atoms with E-state index in [2.05, 4.69) is 13.8 Å². The fourth-order valence-electron chi connectivity index (χ4n) is 5.08. The summed E-state index contributed by atoms with van der Waals surface area (Å²) in [5, 5.41) is 9.44. The lowest BCUT2D eigenvalue weighted by molar-refractivity contribution is -0.174. The Labute approximate surface area is 116 Å². The summed E-state index contributed by atoms with van der Waals surface area (Å²) < 4.78 is 10.8. The average Bonchev–Trinajstić information content (AvgIpc) is 3.01. The number of carboxylic acid groups (broad SMARTS) is 1. The van der Waals surface area contributed by atoms with E-state index in [1.807, 2.05) is 6.08 Å². The lowest BCUT2D eigenvalue weighted by Crippen LogP contribution is -2.56. The molecule has 4 aliphatic rings. The molecule has 2 saturated heterocycles. The zero-order valence-electron chi connectivity index (χ0n) is 11.6. The lowest BCUT2D eigenvalue weighted by atomic mass is 9.61. The number of hydrogen-bond donors (Lipinski definition) is 1. The Morgan fingerprint density at radius 3 is 2.75 bits per heavy atom. The van der Waals surface area contributed by atoms with Crippen molar-refractivity contribution >= 4 is 11.9 Å². The summed E-state index contributed by atoms with van der Waals surface area (Å²) >= 11 is 0. The Kier molecular flexibility index (Phi) is 2.03. The van der Waals surface area contributed by atoms with Gasteiger partial charge in [-0.15, -0.1) is 0 Å². The zero-order chi connectivity index (χ0) is 14.3. The first kappa shape index (κ1) is 12.4. The molecule has 2 aliphatic heterocycles. The summed E-state index contributed by atoms with van der Waals surface area (Å²) in [4.78, 5) is 23.7. The summed E-state index contributed by atoms with van der Waals surface area (Å²) in [6.07, 6.45) is 3.59. The number of rotatable bonds is 1. The fraction of sp³-hybridized carbons (Fsp3) is 0.733. The predicted octanol–water partition coefficient (Wildman–Crippen LogP) is 1.38. The van der Waals surface area contributed by atoms with E-state index in [0.29, 0.717) is 12.2 Å². The van der Waals surface area contributed by atoms with Crippen LogP contribution in [0.15, 0.2) is 11.6 Å². The summed E-state index contributed by atoms with van der Waals surface area (Å²) in [5.74, 6) is -1.32. The Bertz CT molecular complexity index is 557. The molecule has 2 heterocycles. The van der Waals surface area contributed by atoms with Crippen LogP contribution >= 0.6 is 0 Å². The number of hydrogen-bond acceptors (Lipinski definition) is 4. The van der Waals surface area contributed by atoms with Crippen molar-refractivity contribution in [2.24, 2.45) is 22.7 Å². The minimum Gasteiger partial charge on any atom is -0.478 e. The number of esters is 1. The van der Waals surface area contributed by atoms with Gasteiger partial charge in [0, 0.05) is 16.9 Å². The van der Waals surface area contributed by atoms with Crippen molar-refractivity contribution in [2.45, 2.75) is 32.3 Å². The van der Waals surface area contributed by atoms with Gasteiger partial charge in [0.05, 0.1) is 13.2 Å². The number of cyclic esters (lactones) is 1. The van der Waals surface area contributed by atoms with Gasteiger partial charge in [-0.05, 0) is 24.2 Å². The van der Waals surface area contributed by atoms with Gasteiger partial charge >= 0.3 is 11.9 Å². The molecule has 0 amide bonds. The highest BCUT2D eigenvalue weighted by molar-refractivity contribution is 5.92. The van der Waals surface area contributed by atoms with Crippen molar-refractivity contribution < 1.29 is 24.2 Å². The first-order valence-corrected chi connectivity index (χ1v) is 7.09. The van der Waals surface area contributed by atoms with Crippen molar-refractivity contribution in [2.75, 3.05) is 13.2 Å². The van der Waals surface area contributed by atoms with Crippen LogP contribution in [-0.4, -0.2) is 35.9 Å². The molecule has 0 aromatic rings. The average molecular weight is 278 g/mol. The summed E-state index contributed by atoms with van der Waals surface area (Å²) in [6, 6.07) is 0. The van der Waals surface area contributed by atoms with Crippen molar-refractivity contribution in [3.8, 4) is 0 Å². The normalized spacial score (nSPS) is 47.5. The molecule has 2 spiro atoms. The van der Waals surface area contributed by atoms with E-state index in [0.717, 1.165) is 12.8 Å². The second kappa shape index (κ2) is 3.27. The van der Waals surface area contributed by atoms with Gasteiger partial charge in [0.1, 0.15) is 0 Å². The molecule has 3 fully saturated rings. The summed E-state index contributed by atoms with van der Waals surface area (Å²) in [6.45, 7) is 4.91. The molecule has 1 saturated carbocycles. The maximum atomic E-state index is 12.2. The van der Waals surface area contributed by atoms with E-state index < -0.39 is 17.0 Å². The van der Waals surface area contributed by atoms with Crippen LogP contribution in [0.4, 0.5) is 0 Å². The minimum absolute atomic E-state index is 0.0972. The van der Waals surface area contributed by atoms with Crippen molar-refractivity contribution in [3.05, 3.63) is 11.6 Å². The molecule has 20 heavy (non-hydrogen) atoms. The highest BCUT2D eigenvalue weighted by Gasteiger charge is 2.79. The van der Waals surface area contributed by atoms with Gasteiger partial charge in [0.15, 0.2) is 5.60 Å². The molecule has 4 atom stereocenters. The molecule has 1 unspecified atom stereocenters. The van der Waals surface area contributed by atoms with Gasteiger partial charge in [-0.1, -0.05) is 19.9 Å². The van der Waals surface area contributed by atoms with Crippen molar-refractivity contribution in [3.63, 3.8) is 0 Å². The minimum atomic E-state index is -0.893. The molecule has 5 nitrogen and oxygen atoms in total. The third kappa shape index (κ3) is 1.18. The Balaban J connectivity index is 1.88.